The molecule has 0 saturated carbocycles. The van der Waals surface area contributed by atoms with Gasteiger partial charge in [-0.1, -0.05) is 23.2 Å². The zero-order valence-electron chi connectivity index (χ0n) is 8.16. The van der Waals surface area contributed by atoms with Crippen LogP contribution >= 0.6 is 34.8 Å². The number of nitrogens with zero attached hydrogens (tertiary/aromatic N) is 3. The van der Waals surface area contributed by atoms with E-state index in [1.807, 2.05) is 0 Å². The summed E-state index contributed by atoms with van der Waals surface area (Å²) >= 11 is 17.2. The number of amides is 1. The van der Waals surface area contributed by atoms with Crippen LogP contribution in [0.5, 0.6) is 0 Å². The molecule has 2 rings (SSSR count). The summed E-state index contributed by atoms with van der Waals surface area (Å²) in [4.78, 5) is 21.1. The maximum atomic E-state index is 11.7. The summed E-state index contributed by atoms with van der Waals surface area (Å²) in [5.74, 6) is 0.769. The lowest BCUT2D eigenvalue weighted by Gasteiger charge is -2.13. The van der Waals surface area contributed by atoms with Crippen LogP contribution in [0.25, 0.3) is 0 Å². The number of halogens is 3. The lowest BCUT2D eigenvalue weighted by atomic mass is 10.2. The summed E-state index contributed by atoms with van der Waals surface area (Å²) in [7, 11) is 0. The van der Waals surface area contributed by atoms with Gasteiger partial charge < -0.3 is 0 Å². The van der Waals surface area contributed by atoms with Gasteiger partial charge in [-0.25, -0.2) is 9.97 Å². The number of anilines is 1. The van der Waals surface area contributed by atoms with Crippen LogP contribution in [-0.4, -0.2) is 28.3 Å². The van der Waals surface area contributed by atoms with E-state index in [4.69, 9.17) is 34.8 Å². The van der Waals surface area contributed by atoms with Gasteiger partial charge in [0.15, 0.2) is 0 Å². The molecule has 0 N–H and O–H groups in total. The molecule has 1 aliphatic rings. The lowest BCUT2D eigenvalue weighted by Crippen LogP contribution is -2.26. The van der Waals surface area contributed by atoms with Crippen molar-refractivity contribution in [1.82, 2.24) is 9.97 Å². The Balaban J connectivity index is 2.27. The molecule has 0 aliphatic carbocycles. The Hall–Kier alpha value is -0.580. The molecule has 7 heteroatoms. The Morgan fingerprint density at radius 2 is 2.00 bits per heavy atom. The van der Waals surface area contributed by atoms with Gasteiger partial charge in [0.05, 0.1) is 0 Å². The van der Waals surface area contributed by atoms with Crippen molar-refractivity contribution in [3.63, 3.8) is 0 Å². The summed E-state index contributed by atoms with van der Waals surface area (Å²) in [6.07, 6.45) is 0.414. The highest BCUT2D eigenvalue weighted by Gasteiger charge is 2.31. The Morgan fingerprint density at radius 3 is 2.50 bits per heavy atom. The van der Waals surface area contributed by atoms with E-state index in [0.717, 1.165) is 0 Å². The molecule has 1 aromatic heterocycles. The number of carbonyl (C=O) groups excluding carboxylic acids is 1. The Bertz CT molecular complexity index is 406. The fourth-order valence-corrected chi connectivity index (χ4v) is 2.20. The smallest absolute Gasteiger partial charge is 0.234 e. The van der Waals surface area contributed by atoms with Gasteiger partial charge >= 0.3 is 0 Å². The van der Waals surface area contributed by atoms with Crippen molar-refractivity contribution in [2.24, 2.45) is 5.92 Å². The molecule has 86 valence electrons. The zero-order valence-corrected chi connectivity index (χ0v) is 10.4. The predicted molar refractivity (Wildman–Crippen MR) is 63.2 cm³/mol. The fraction of sp³-hybridized carbons (Fsp3) is 0.444. The predicted octanol–water partition coefficient (Wildman–Crippen LogP) is 2.38. The summed E-state index contributed by atoms with van der Waals surface area (Å²) in [5.41, 5.74) is 0. The van der Waals surface area contributed by atoms with E-state index >= 15 is 0 Å². The molecule has 16 heavy (non-hydrogen) atoms. The first-order valence-corrected chi connectivity index (χ1v) is 5.95. The molecule has 1 unspecified atom stereocenters. The third-order valence-corrected chi connectivity index (χ3v) is 3.14. The molecule has 0 radical (unpaired) electrons. The van der Waals surface area contributed by atoms with Crippen LogP contribution in [0.4, 0.5) is 5.95 Å². The summed E-state index contributed by atoms with van der Waals surface area (Å²) < 4.78 is 0. The second-order valence-electron chi connectivity index (χ2n) is 3.54. The van der Waals surface area contributed by atoms with E-state index in [1.165, 1.54) is 11.0 Å². The highest BCUT2D eigenvalue weighted by molar-refractivity contribution is 6.33. The standard InChI is InChI=1S/C9H8Cl3N3O/c10-3-5-1-8(16)15(4-5)9-13-6(11)2-7(12)14-9/h2,5H,1,3-4H2. The van der Waals surface area contributed by atoms with Gasteiger partial charge in [-0.2, -0.15) is 0 Å². The van der Waals surface area contributed by atoms with Gasteiger partial charge in [0, 0.05) is 24.9 Å². The minimum atomic E-state index is -0.0519. The fourth-order valence-electron chi connectivity index (χ4n) is 1.58. The van der Waals surface area contributed by atoms with E-state index in [2.05, 4.69) is 9.97 Å². The van der Waals surface area contributed by atoms with Crippen LogP contribution in [0.3, 0.4) is 0 Å². The normalized spacial score (nSPS) is 20.6. The average molecular weight is 281 g/mol. The van der Waals surface area contributed by atoms with Crippen LogP contribution in [0.1, 0.15) is 6.42 Å². The van der Waals surface area contributed by atoms with E-state index in [9.17, 15) is 4.79 Å². The number of hydrogen-bond donors (Lipinski definition) is 0. The molecule has 1 fully saturated rings. The summed E-state index contributed by atoms with van der Waals surface area (Å²) in [6.45, 7) is 0.513. The molecule has 1 saturated heterocycles. The zero-order chi connectivity index (χ0) is 11.7. The molecule has 1 amide bonds. The maximum absolute atomic E-state index is 11.7. The number of carbonyl (C=O) groups is 1. The van der Waals surface area contributed by atoms with Crippen LogP contribution in [0.2, 0.25) is 10.3 Å². The Labute approximate surface area is 108 Å². The van der Waals surface area contributed by atoms with Gasteiger partial charge in [-0.15, -0.1) is 11.6 Å². The second kappa shape index (κ2) is 4.73. The highest BCUT2D eigenvalue weighted by Crippen LogP contribution is 2.25. The first-order valence-electron chi connectivity index (χ1n) is 4.66. The maximum Gasteiger partial charge on any atom is 0.234 e. The third kappa shape index (κ3) is 2.39. The molecular weight excluding hydrogens is 272 g/mol. The molecule has 1 aliphatic heterocycles. The number of aromatic nitrogens is 2. The Kier molecular flexibility index (Phi) is 3.52. The molecule has 1 aromatic rings. The molecule has 4 nitrogen and oxygen atoms in total. The van der Waals surface area contributed by atoms with Crippen LogP contribution in [-0.2, 0) is 4.79 Å². The van der Waals surface area contributed by atoms with Crippen LogP contribution in [0.15, 0.2) is 6.07 Å². The number of alkyl halides is 1. The van der Waals surface area contributed by atoms with Crippen molar-refractivity contribution in [3.8, 4) is 0 Å². The van der Waals surface area contributed by atoms with Crippen LogP contribution in [0, 0.1) is 5.92 Å². The van der Waals surface area contributed by atoms with E-state index < -0.39 is 0 Å². The summed E-state index contributed by atoms with van der Waals surface area (Å²) in [5, 5.41) is 0.439. The molecule has 0 aromatic carbocycles. The monoisotopic (exact) mass is 279 g/mol. The second-order valence-corrected chi connectivity index (χ2v) is 4.63. The van der Waals surface area contributed by atoms with E-state index in [-0.39, 0.29) is 28.1 Å². The first kappa shape index (κ1) is 11.9. The SMILES string of the molecule is O=C1CC(CCl)CN1c1nc(Cl)cc(Cl)n1. The van der Waals surface area contributed by atoms with Crippen molar-refractivity contribution < 1.29 is 4.79 Å². The molecule has 0 spiro atoms. The summed E-state index contributed by atoms with van der Waals surface area (Å²) in [6, 6.07) is 1.42. The van der Waals surface area contributed by atoms with Gasteiger partial charge in [0.1, 0.15) is 10.3 Å². The van der Waals surface area contributed by atoms with Gasteiger partial charge in [-0.3, -0.25) is 9.69 Å². The van der Waals surface area contributed by atoms with Gasteiger partial charge in [-0.05, 0) is 5.92 Å². The number of rotatable bonds is 2. The largest absolute Gasteiger partial charge is 0.280 e. The minimum Gasteiger partial charge on any atom is -0.280 e. The first-order chi connectivity index (χ1) is 7.60. The molecular formula is C9H8Cl3N3O. The van der Waals surface area contributed by atoms with Crippen molar-refractivity contribution in [1.29, 1.82) is 0 Å². The topological polar surface area (TPSA) is 46.1 Å². The molecule has 1 atom stereocenters. The third-order valence-electron chi connectivity index (χ3n) is 2.32. The number of hydrogen-bond acceptors (Lipinski definition) is 3. The van der Waals surface area contributed by atoms with Crippen molar-refractivity contribution >= 4 is 46.7 Å². The van der Waals surface area contributed by atoms with Gasteiger partial charge in [0.25, 0.3) is 0 Å². The average Bonchev–Trinajstić information content (AvgIpc) is 2.58. The Morgan fingerprint density at radius 1 is 1.38 bits per heavy atom. The van der Waals surface area contributed by atoms with Crippen molar-refractivity contribution in [2.45, 2.75) is 6.42 Å². The quantitative estimate of drug-likeness (QED) is 0.617. The van der Waals surface area contributed by atoms with Crippen molar-refractivity contribution in [2.75, 3.05) is 17.3 Å². The van der Waals surface area contributed by atoms with Crippen molar-refractivity contribution in [3.05, 3.63) is 16.4 Å². The van der Waals surface area contributed by atoms with Crippen LogP contribution < -0.4 is 4.90 Å². The molecule has 0 bridgehead atoms. The van der Waals surface area contributed by atoms with Gasteiger partial charge in [0.2, 0.25) is 11.9 Å². The highest BCUT2D eigenvalue weighted by atomic mass is 35.5. The molecule has 2 heterocycles. The minimum absolute atomic E-state index is 0.0519. The lowest BCUT2D eigenvalue weighted by molar-refractivity contribution is -0.117. The van der Waals surface area contributed by atoms with E-state index in [0.29, 0.717) is 18.8 Å². The van der Waals surface area contributed by atoms with E-state index in [1.54, 1.807) is 0 Å².